The van der Waals surface area contributed by atoms with Crippen LogP contribution in [0.1, 0.15) is 142 Å². The molecule has 0 amide bonds. The van der Waals surface area contributed by atoms with Gasteiger partial charge in [0.2, 0.25) is 0 Å². The van der Waals surface area contributed by atoms with Gasteiger partial charge in [0.25, 0.3) is 0 Å². The van der Waals surface area contributed by atoms with E-state index in [1.165, 1.54) is 77.0 Å². The van der Waals surface area contributed by atoms with Gasteiger partial charge in [-0.05, 0) is 51.4 Å². The predicted octanol–water partition coefficient (Wildman–Crippen LogP) is 5.15. The van der Waals surface area contributed by atoms with E-state index in [4.69, 9.17) is 28.4 Å². The molecular formula is C47H80O15. The lowest BCUT2D eigenvalue weighted by atomic mass is 9.98. The first kappa shape index (κ1) is 55.6. The summed E-state index contributed by atoms with van der Waals surface area (Å²) in [6, 6.07) is 0. The molecule has 0 saturated carbocycles. The summed E-state index contributed by atoms with van der Waals surface area (Å²) in [4.78, 5) is 25.5. The number of aliphatic hydroxyl groups excluding tert-OH is 7. The second kappa shape index (κ2) is 34.8. The Morgan fingerprint density at radius 1 is 0.516 bits per heavy atom. The van der Waals surface area contributed by atoms with Gasteiger partial charge in [0.1, 0.15) is 55.4 Å². The fourth-order valence-corrected chi connectivity index (χ4v) is 6.91. The van der Waals surface area contributed by atoms with Crippen LogP contribution in [-0.2, 0) is 38.0 Å². The summed E-state index contributed by atoms with van der Waals surface area (Å²) in [5, 5.41) is 71.8. The molecule has 0 spiro atoms. The molecule has 2 heterocycles. The lowest BCUT2D eigenvalue weighted by Crippen LogP contribution is -2.61. The van der Waals surface area contributed by atoms with Crippen molar-refractivity contribution < 1.29 is 73.8 Å². The number of hydrogen-bond acceptors (Lipinski definition) is 15. The monoisotopic (exact) mass is 885 g/mol. The van der Waals surface area contributed by atoms with Gasteiger partial charge in [0.15, 0.2) is 18.7 Å². The molecule has 0 bridgehead atoms. The van der Waals surface area contributed by atoms with Crippen molar-refractivity contribution in [3.8, 4) is 0 Å². The number of unbranched alkanes of at least 4 members (excludes halogenated alkanes) is 12. The number of aliphatic hydroxyl groups is 7. The van der Waals surface area contributed by atoms with E-state index in [0.29, 0.717) is 12.8 Å². The Hall–Kier alpha value is -2.54. The molecule has 0 radical (unpaired) electrons. The van der Waals surface area contributed by atoms with Crippen molar-refractivity contribution in [1.82, 2.24) is 0 Å². The Morgan fingerprint density at radius 2 is 0.968 bits per heavy atom. The minimum absolute atomic E-state index is 0.0471. The van der Waals surface area contributed by atoms with Gasteiger partial charge in [0, 0.05) is 12.8 Å². The van der Waals surface area contributed by atoms with Gasteiger partial charge in [-0.1, -0.05) is 127 Å². The number of allylic oxidation sites excluding steroid dienone is 8. The van der Waals surface area contributed by atoms with E-state index in [-0.39, 0.29) is 19.4 Å². The second-order valence-electron chi connectivity index (χ2n) is 16.2. The van der Waals surface area contributed by atoms with E-state index in [9.17, 15) is 45.3 Å². The highest BCUT2D eigenvalue weighted by Crippen LogP contribution is 2.26. The van der Waals surface area contributed by atoms with Crippen LogP contribution in [0.2, 0.25) is 0 Å². The molecule has 11 atom stereocenters. The van der Waals surface area contributed by atoms with Crippen LogP contribution in [0.15, 0.2) is 48.6 Å². The van der Waals surface area contributed by atoms with E-state index in [2.05, 4.69) is 38.2 Å². The minimum atomic E-state index is -1.78. The Labute approximate surface area is 369 Å². The molecule has 62 heavy (non-hydrogen) atoms. The van der Waals surface area contributed by atoms with E-state index in [0.717, 1.165) is 25.7 Å². The summed E-state index contributed by atoms with van der Waals surface area (Å²) >= 11 is 0. The third kappa shape index (κ3) is 23.4. The van der Waals surface area contributed by atoms with Crippen molar-refractivity contribution in [2.24, 2.45) is 0 Å². The smallest absolute Gasteiger partial charge is 0.306 e. The molecule has 0 aromatic rings. The quantitative estimate of drug-likeness (QED) is 0.0252. The Kier molecular flexibility index (Phi) is 31.2. The van der Waals surface area contributed by atoms with E-state index in [1.54, 1.807) is 0 Å². The van der Waals surface area contributed by atoms with Gasteiger partial charge in [-0.25, -0.2) is 0 Å². The topological polar surface area (TPSA) is 231 Å². The maximum Gasteiger partial charge on any atom is 0.306 e. The molecular weight excluding hydrogens is 805 g/mol. The molecule has 7 N–H and O–H groups in total. The lowest BCUT2D eigenvalue weighted by molar-refractivity contribution is -0.332. The number of carbonyl (C=O) groups is 2. The summed E-state index contributed by atoms with van der Waals surface area (Å²) in [5.41, 5.74) is 0. The molecule has 15 nitrogen and oxygen atoms in total. The zero-order valence-electron chi connectivity index (χ0n) is 37.3. The minimum Gasteiger partial charge on any atom is -0.462 e. The summed E-state index contributed by atoms with van der Waals surface area (Å²) in [6.45, 7) is 2.42. The number of ether oxygens (including phenoxy) is 6. The maximum absolute atomic E-state index is 12.9. The molecule has 2 rings (SSSR count). The van der Waals surface area contributed by atoms with Crippen molar-refractivity contribution in [3.63, 3.8) is 0 Å². The van der Waals surface area contributed by atoms with Crippen molar-refractivity contribution in [2.75, 3.05) is 26.4 Å². The fourth-order valence-electron chi connectivity index (χ4n) is 6.91. The first-order valence-electron chi connectivity index (χ1n) is 23.2. The van der Waals surface area contributed by atoms with E-state index >= 15 is 0 Å². The van der Waals surface area contributed by atoms with Crippen LogP contribution in [-0.4, -0.2) is 142 Å². The molecule has 0 aliphatic carbocycles. The molecule has 2 saturated heterocycles. The van der Waals surface area contributed by atoms with Gasteiger partial charge in [-0.15, -0.1) is 0 Å². The molecule has 358 valence electrons. The van der Waals surface area contributed by atoms with Gasteiger partial charge in [-0.3, -0.25) is 9.59 Å². The SMILES string of the molecule is CCCCCCCC/C=C/C/C=C/CCC(=O)OCC(CO[C@@H]1O[C@H](CO[C@@H]2O[C@H](CO)[C@H](O)C(O)C2O)[C@H](O)C(O)C1O)OC(=O)CC/C=C/C/C=C/CCCCCCCC. The van der Waals surface area contributed by atoms with Crippen LogP contribution < -0.4 is 0 Å². The molecule has 2 aliphatic heterocycles. The average Bonchev–Trinajstić information content (AvgIpc) is 3.26. The van der Waals surface area contributed by atoms with Crippen LogP contribution >= 0.6 is 0 Å². The number of hydrogen-bond donors (Lipinski definition) is 7. The van der Waals surface area contributed by atoms with Gasteiger partial charge in [-0.2, -0.15) is 0 Å². The summed E-state index contributed by atoms with van der Waals surface area (Å²) in [5.74, 6) is -1.09. The summed E-state index contributed by atoms with van der Waals surface area (Å²) in [7, 11) is 0. The highest BCUT2D eigenvalue weighted by Gasteiger charge is 2.47. The molecule has 2 aliphatic rings. The predicted molar refractivity (Wildman–Crippen MR) is 233 cm³/mol. The van der Waals surface area contributed by atoms with E-state index < -0.39 is 99.3 Å². The fraction of sp³-hybridized carbons (Fsp3) is 0.787. The summed E-state index contributed by atoms with van der Waals surface area (Å²) < 4.78 is 33.3. The summed E-state index contributed by atoms with van der Waals surface area (Å²) in [6.07, 6.45) is 19.0. The van der Waals surface area contributed by atoms with Gasteiger partial charge < -0.3 is 64.2 Å². The third-order valence-electron chi connectivity index (χ3n) is 10.8. The molecule has 5 unspecified atom stereocenters. The van der Waals surface area contributed by atoms with Crippen LogP contribution in [0.4, 0.5) is 0 Å². The highest BCUT2D eigenvalue weighted by atomic mass is 16.7. The van der Waals surface area contributed by atoms with Gasteiger partial charge >= 0.3 is 11.9 Å². The standard InChI is InChI=1S/C47H80O15/c1-3-5-7-9-11-13-15-17-19-21-23-25-27-29-38(49)57-32-35(60-39(50)30-28-26-24-22-20-18-16-14-12-10-8-6-4-2)33-58-46-45(56)43(54)41(52)37(62-46)34-59-47-44(55)42(53)40(51)36(31-48)61-47/h17-20,23-26,35-37,40-48,51-56H,3-16,21-22,27-34H2,1-2H3/b19-17+,20-18+,25-23+,26-24+/t35?,36-,37-,40+,41+,42?,43?,44?,45?,46-,47-/m1/s1. The molecule has 2 fully saturated rings. The average molecular weight is 885 g/mol. The number of esters is 2. The first-order chi connectivity index (χ1) is 30.0. The molecule has 0 aromatic carbocycles. The zero-order valence-corrected chi connectivity index (χ0v) is 37.3. The number of carbonyl (C=O) groups excluding carboxylic acids is 2. The Morgan fingerprint density at radius 3 is 1.50 bits per heavy atom. The largest absolute Gasteiger partial charge is 0.462 e. The van der Waals surface area contributed by atoms with Gasteiger partial charge in [0.05, 0.1) is 19.8 Å². The Balaban J connectivity index is 1.90. The van der Waals surface area contributed by atoms with Crippen molar-refractivity contribution >= 4 is 11.9 Å². The van der Waals surface area contributed by atoms with Crippen LogP contribution in [0.5, 0.6) is 0 Å². The van der Waals surface area contributed by atoms with Crippen molar-refractivity contribution in [2.45, 2.75) is 210 Å². The van der Waals surface area contributed by atoms with Crippen molar-refractivity contribution in [1.29, 1.82) is 0 Å². The van der Waals surface area contributed by atoms with Crippen molar-refractivity contribution in [3.05, 3.63) is 48.6 Å². The zero-order chi connectivity index (χ0) is 45.4. The Bertz CT molecular complexity index is 1270. The first-order valence-corrected chi connectivity index (χ1v) is 23.2. The second-order valence-corrected chi connectivity index (χ2v) is 16.2. The van der Waals surface area contributed by atoms with Crippen LogP contribution in [0.3, 0.4) is 0 Å². The third-order valence-corrected chi connectivity index (χ3v) is 10.8. The molecule has 15 heteroatoms. The lowest BCUT2D eigenvalue weighted by Gasteiger charge is -2.42. The van der Waals surface area contributed by atoms with Crippen LogP contribution in [0.25, 0.3) is 0 Å². The van der Waals surface area contributed by atoms with Crippen LogP contribution in [0, 0.1) is 0 Å². The maximum atomic E-state index is 12.9. The van der Waals surface area contributed by atoms with E-state index in [1.807, 2.05) is 24.3 Å². The normalized spacial score (nSPS) is 27.5. The highest BCUT2D eigenvalue weighted by molar-refractivity contribution is 5.70. The molecule has 0 aromatic heterocycles. The number of rotatable bonds is 34.